The van der Waals surface area contributed by atoms with Gasteiger partial charge in [0.1, 0.15) is 0 Å². The number of amides is 2. The molecule has 24 heavy (non-hydrogen) atoms. The fourth-order valence-electron chi connectivity index (χ4n) is 2.07. The molecule has 0 unspecified atom stereocenters. The van der Waals surface area contributed by atoms with Crippen LogP contribution in [0.25, 0.3) is 0 Å². The number of rotatable bonds is 5. The average Bonchev–Trinajstić information content (AvgIpc) is 3.07. The van der Waals surface area contributed by atoms with E-state index in [-0.39, 0.29) is 6.04 Å². The van der Waals surface area contributed by atoms with Gasteiger partial charge in [-0.2, -0.15) is 0 Å². The Morgan fingerprint density at radius 1 is 1.12 bits per heavy atom. The summed E-state index contributed by atoms with van der Waals surface area (Å²) in [5, 5.41) is 7.11. The van der Waals surface area contributed by atoms with Crippen molar-refractivity contribution in [2.24, 2.45) is 0 Å². The van der Waals surface area contributed by atoms with Gasteiger partial charge in [-0.15, -0.1) is 11.3 Å². The summed E-state index contributed by atoms with van der Waals surface area (Å²) in [4.78, 5) is 36.3. The molecule has 0 saturated carbocycles. The summed E-state index contributed by atoms with van der Waals surface area (Å²) in [6.45, 7) is 1.84. The highest BCUT2D eigenvalue weighted by Gasteiger charge is 2.17. The monoisotopic (exact) mass is 346 g/mol. The summed E-state index contributed by atoms with van der Waals surface area (Å²) in [5.74, 6) is -1.91. The van der Waals surface area contributed by atoms with Crippen LogP contribution in [0, 0.1) is 0 Å². The molecular weight excluding hydrogens is 328 g/mol. The summed E-state index contributed by atoms with van der Waals surface area (Å²) in [6, 6.07) is 9.87. The van der Waals surface area contributed by atoms with Crippen LogP contribution in [0.1, 0.15) is 22.2 Å². The molecule has 6 nitrogen and oxygen atoms in total. The van der Waals surface area contributed by atoms with Gasteiger partial charge in [-0.3, -0.25) is 9.59 Å². The van der Waals surface area contributed by atoms with Gasteiger partial charge in [0.2, 0.25) is 0 Å². The zero-order chi connectivity index (χ0) is 17.5. The van der Waals surface area contributed by atoms with Crippen LogP contribution in [-0.2, 0) is 20.7 Å². The maximum Gasteiger partial charge on any atom is 0.337 e. The number of carbonyl (C=O) groups excluding carboxylic acids is 3. The molecule has 0 radical (unpaired) electrons. The van der Waals surface area contributed by atoms with Gasteiger partial charge >= 0.3 is 17.8 Å². The van der Waals surface area contributed by atoms with Gasteiger partial charge in [0.05, 0.1) is 12.7 Å². The third kappa shape index (κ3) is 4.92. The largest absolute Gasteiger partial charge is 0.465 e. The summed E-state index contributed by atoms with van der Waals surface area (Å²) in [6.07, 6.45) is 0.671. The van der Waals surface area contributed by atoms with Gasteiger partial charge in [-0.25, -0.2) is 4.79 Å². The first-order valence-corrected chi connectivity index (χ1v) is 8.20. The van der Waals surface area contributed by atoms with Crippen molar-refractivity contribution in [1.29, 1.82) is 0 Å². The minimum atomic E-state index is -0.751. The number of thiophene rings is 1. The Balaban J connectivity index is 1.86. The third-order valence-electron chi connectivity index (χ3n) is 3.24. The van der Waals surface area contributed by atoms with Gasteiger partial charge in [0.25, 0.3) is 0 Å². The number of benzene rings is 1. The van der Waals surface area contributed by atoms with Gasteiger partial charge < -0.3 is 15.4 Å². The van der Waals surface area contributed by atoms with Crippen LogP contribution in [-0.4, -0.2) is 30.9 Å². The van der Waals surface area contributed by atoms with Crippen molar-refractivity contribution in [1.82, 2.24) is 5.32 Å². The fraction of sp³-hybridized carbons (Fsp3) is 0.235. The van der Waals surface area contributed by atoms with Crippen molar-refractivity contribution in [2.45, 2.75) is 19.4 Å². The Kier molecular flexibility index (Phi) is 6.08. The number of esters is 1. The number of ether oxygens (including phenoxy) is 1. The van der Waals surface area contributed by atoms with E-state index in [2.05, 4.69) is 15.4 Å². The van der Waals surface area contributed by atoms with E-state index in [9.17, 15) is 14.4 Å². The maximum absolute atomic E-state index is 11.9. The van der Waals surface area contributed by atoms with E-state index in [1.54, 1.807) is 11.3 Å². The Hall–Kier alpha value is -2.67. The molecule has 1 atom stereocenters. The summed E-state index contributed by atoms with van der Waals surface area (Å²) >= 11 is 1.61. The van der Waals surface area contributed by atoms with Crippen LogP contribution in [0.2, 0.25) is 0 Å². The molecule has 2 rings (SSSR count). The Labute approximate surface area is 143 Å². The fourth-order valence-corrected chi connectivity index (χ4v) is 2.90. The highest BCUT2D eigenvalue weighted by Crippen LogP contribution is 2.12. The van der Waals surface area contributed by atoms with E-state index in [0.29, 0.717) is 17.7 Å². The lowest BCUT2D eigenvalue weighted by atomic mass is 10.2. The Morgan fingerprint density at radius 2 is 1.83 bits per heavy atom. The number of carbonyl (C=O) groups is 3. The number of anilines is 1. The molecule has 0 bridgehead atoms. The molecule has 0 fully saturated rings. The number of nitrogens with one attached hydrogen (secondary N) is 2. The van der Waals surface area contributed by atoms with Crippen LogP contribution in [0.4, 0.5) is 5.69 Å². The molecule has 1 heterocycles. The molecule has 0 aliphatic rings. The molecular formula is C17H18N2O4S. The molecule has 2 amide bonds. The third-order valence-corrected chi connectivity index (χ3v) is 4.13. The predicted octanol–water partition coefficient (Wildman–Crippen LogP) is 2.22. The minimum Gasteiger partial charge on any atom is -0.465 e. The zero-order valence-corrected chi connectivity index (χ0v) is 14.2. The molecule has 0 spiro atoms. The first-order valence-electron chi connectivity index (χ1n) is 7.32. The van der Waals surface area contributed by atoms with E-state index in [4.69, 9.17) is 0 Å². The van der Waals surface area contributed by atoms with Gasteiger partial charge in [0.15, 0.2) is 0 Å². The first kappa shape index (κ1) is 17.7. The standard InChI is InChI=1S/C17H18N2O4S/c1-11(10-14-4-3-9-24-14)18-15(20)16(21)19-13-7-5-12(6-8-13)17(22)23-2/h3-9,11H,10H2,1-2H3,(H,18,20)(H,19,21)/t11-/m1/s1. The molecule has 7 heteroatoms. The van der Waals surface area contributed by atoms with E-state index in [1.165, 1.54) is 31.4 Å². The summed E-state index contributed by atoms with van der Waals surface area (Å²) in [7, 11) is 1.29. The molecule has 1 aromatic heterocycles. The quantitative estimate of drug-likeness (QED) is 0.642. The molecule has 0 aliphatic heterocycles. The Morgan fingerprint density at radius 3 is 2.42 bits per heavy atom. The lowest BCUT2D eigenvalue weighted by Crippen LogP contribution is -2.41. The highest BCUT2D eigenvalue weighted by atomic mass is 32.1. The number of hydrogen-bond acceptors (Lipinski definition) is 5. The second-order valence-electron chi connectivity index (χ2n) is 5.18. The van der Waals surface area contributed by atoms with Crippen LogP contribution in [0.15, 0.2) is 41.8 Å². The summed E-state index contributed by atoms with van der Waals surface area (Å²) < 4.78 is 4.59. The second kappa shape index (κ2) is 8.26. The topological polar surface area (TPSA) is 84.5 Å². The SMILES string of the molecule is COC(=O)c1ccc(NC(=O)C(=O)N[C@H](C)Cc2cccs2)cc1. The molecule has 2 aromatic rings. The van der Waals surface area contributed by atoms with Gasteiger partial charge in [-0.1, -0.05) is 6.07 Å². The van der Waals surface area contributed by atoms with Crippen molar-refractivity contribution in [3.05, 3.63) is 52.2 Å². The van der Waals surface area contributed by atoms with Crippen LogP contribution in [0.3, 0.4) is 0 Å². The molecule has 1 aromatic carbocycles. The van der Waals surface area contributed by atoms with Crippen molar-refractivity contribution >= 4 is 34.8 Å². The van der Waals surface area contributed by atoms with Crippen molar-refractivity contribution < 1.29 is 19.1 Å². The average molecular weight is 346 g/mol. The van der Waals surface area contributed by atoms with Gasteiger partial charge in [0, 0.05) is 23.0 Å². The van der Waals surface area contributed by atoms with E-state index >= 15 is 0 Å². The Bertz CT molecular complexity index is 711. The first-order chi connectivity index (χ1) is 11.5. The second-order valence-corrected chi connectivity index (χ2v) is 6.21. The smallest absolute Gasteiger partial charge is 0.337 e. The van der Waals surface area contributed by atoms with Crippen molar-refractivity contribution in [2.75, 3.05) is 12.4 Å². The number of hydrogen-bond donors (Lipinski definition) is 2. The molecule has 0 aliphatic carbocycles. The van der Waals surface area contributed by atoms with E-state index < -0.39 is 17.8 Å². The molecule has 126 valence electrons. The van der Waals surface area contributed by atoms with Gasteiger partial charge in [-0.05, 0) is 42.6 Å². The predicted molar refractivity (Wildman–Crippen MR) is 92.0 cm³/mol. The van der Waals surface area contributed by atoms with Crippen LogP contribution in [0.5, 0.6) is 0 Å². The maximum atomic E-state index is 11.9. The van der Waals surface area contributed by atoms with E-state index in [1.807, 2.05) is 24.4 Å². The lowest BCUT2D eigenvalue weighted by Gasteiger charge is -2.13. The highest BCUT2D eigenvalue weighted by molar-refractivity contribution is 7.09. The summed E-state index contributed by atoms with van der Waals surface area (Å²) in [5.41, 5.74) is 0.790. The minimum absolute atomic E-state index is 0.149. The normalized spacial score (nSPS) is 11.4. The van der Waals surface area contributed by atoms with E-state index in [0.717, 1.165) is 4.88 Å². The molecule has 2 N–H and O–H groups in total. The zero-order valence-electron chi connectivity index (χ0n) is 13.4. The van der Waals surface area contributed by atoms with Crippen molar-refractivity contribution in [3.8, 4) is 0 Å². The van der Waals surface area contributed by atoms with Crippen LogP contribution >= 0.6 is 11.3 Å². The number of methoxy groups -OCH3 is 1. The molecule has 0 saturated heterocycles. The van der Waals surface area contributed by atoms with Crippen LogP contribution < -0.4 is 10.6 Å². The lowest BCUT2D eigenvalue weighted by molar-refractivity contribution is -0.136. The van der Waals surface area contributed by atoms with Crippen molar-refractivity contribution in [3.63, 3.8) is 0 Å².